The van der Waals surface area contributed by atoms with E-state index in [1.807, 2.05) is 11.9 Å². The van der Waals surface area contributed by atoms with Crippen LogP contribution in [0.2, 0.25) is 0 Å². The van der Waals surface area contributed by atoms with E-state index in [-0.39, 0.29) is 5.82 Å². The third-order valence-corrected chi connectivity index (χ3v) is 2.52. The van der Waals surface area contributed by atoms with E-state index in [1.165, 1.54) is 0 Å². The fourth-order valence-electron chi connectivity index (χ4n) is 1.77. The molecule has 0 saturated carbocycles. The second kappa shape index (κ2) is 5.13. The van der Waals surface area contributed by atoms with Gasteiger partial charge in [0.2, 0.25) is 0 Å². The molecule has 0 amide bonds. The molecule has 0 bridgehead atoms. The van der Waals surface area contributed by atoms with Crippen LogP contribution in [-0.2, 0) is 9.47 Å². The molecule has 1 saturated heterocycles. The Morgan fingerprint density at radius 1 is 1.41 bits per heavy atom. The molecule has 0 aliphatic carbocycles. The number of aromatic nitrogens is 3. The molecule has 7 heteroatoms. The first-order valence-corrected chi connectivity index (χ1v) is 5.66. The molecule has 1 aromatic rings. The molecule has 2 heterocycles. The Bertz CT molecular complexity index is 398. The van der Waals surface area contributed by atoms with Gasteiger partial charge in [0.1, 0.15) is 5.82 Å². The zero-order chi connectivity index (χ0) is 12.3. The maximum absolute atomic E-state index is 11.7. The maximum Gasteiger partial charge on any atom is 0.378 e. The van der Waals surface area contributed by atoms with Gasteiger partial charge in [-0.2, -0.15) is 0 Å². The highest BCUT2D eigenvalue weighted by Crippen LogP contribution is 2.06. The van der Waals surface area contributed by atoms with Gasteiger partial charge in [0, 0.05) is 0 Å². The number of hydrogen-bond donors (Lipinski definition) is 0. The highest BCUT2D eigenvalue weighted by atomic mass is 16.5. The summed E-state index contributed by atoms with van der Waals surface area (Å²) in [5, 5.41) is 9.78. The highest BCUT2D eigenvalue weighted by Gasteiger charge is 2.23. The van der Waals surface area contributed by atoms with Crippen molar-refractivity contribution in [2.45, 2.75) is 13.8 Å². The third kappa shape index (κ3) is 2.38. The summed E-state index contributed by atoms with van der Waals surface area (Å²) in [6.45, 7) is 6.61. The van der Waals surface area contributed by atoms with E-state index in [9.17, 15) is 4.79 Å². The molecule has 0 radical (unpaired) electrons. The van der Waals surface area contributed by atoms with Crippen molar-refractivity contribution >= 4 is 5.97 Å². The minimum absolute atomic E-state index is 0.228. The standard InChI is InChI=1S/C10H16N4O3/c1-3-17-10(15)9-12-11-8(2)14(9)13-4-6-16-7-5-13/h3-7H2,1-2H3. The van der Waals surface area contributed by atoms with Crippen LogP contribution in [0.1, 0.15) is 23.4 Å². The zero-order valence-corrected chi connectivity index (χ0v) is 10.0. The first kappa shape index (κ1) is 11.8. The van der Waals surface area contributed by atoms with Crippen molar-refractivity contribution in [2.24, 2.45) is 0 Å². The lowest BCUT2D eigenvalue weighted by Gasteiger charge is -2.30. The van der Waals surface area contributed by atoms with E-state index in [0.717, 1.165) is 0 Å². The van der Waals surface area contributed by atoms with Crippen molar-refractivity contribution < 1.29 is 14.3 Å². The van der Waals surface area contributed by atoms with E-state index < -0.39 is 5.97 Å². The van der Waals surface area contributed by atoms with E-state index in [0.29, 0.717) is 38.7 Å². The molecular weight excluding hydrogens is 224 g/mol. The number of esters is 1. The fourth-order valence-corrected chi connectivity index (χ4v) is 1.77. The van der Waals surface area contributed by atoms with Crippen molar-refractivity contribution in [1.82, 2.24) is 14.9 Å². The number of carbonyl (C=O) groups is 1. The van der Waals surface area contributed by atoms with Crippen molar-refractivity contribution in [3.63, 3.8) is 0 Å². The summed E-state index contributed by atoms with van der Waals surface area (Å²) < 4.78 is 11.9. The van der Waals surface area contributed by atoms with Crippen LogP contribution in [0.3, 0.4) is 0 Å². The average molecular weight is 240 g/mol. The van der Waals surface area contributed by atoms with Gasteiger partial charge >= 0.3 is 5.97 Å². The van der Waals surface area contributed by atoms with Crippen LogP contribution in [0, 0.1) is 6.92 Å². The molecule has 17 heavy (non-hydrogen) atoms. The number of rotatable bonds is 3. The average Bonchev–Trinajstić information content (AvgIpc) is 2.73. The summed E-state index contributed by atoms with van der Waals surface area (Å²) in [6, 6.07) is 0. The second-order valence-corrected chi connectivity index (χ2v) is 3.67. The monoisotopic (exact) mass is 240 g/mol. The lowest BCUT2D eigenvalue weighted by molar-refractivity contribution is 0.0499. The van der Waals surface area contributed by atoms with Gasteiger partial charge in [-0.25, -0.2) is 9.47 Å². The molecule has 1 fully saturated rings. The summed E-state index contributed by atoms with van der Waals surface area (Å²) in [6.07, 6.45) is 0. The molecule has 0 unspecified atom stereocenters. The van der Waals surface area contributed by atoms with Gasteiger partial charge in [-0.05, 0) is 13.8 Å². The van der Waals surface area contributed by atoms with Gasteiger partial charge in [0.05, 0.1) is 32.9 Å². The smallest absolute Gasteiger partial charge is 0.378 e. The van der Waals surface area contributed by atoms with Crippen LogP contribution in [0.4, 0.5) is 0 Å². The van der Waals surface area contributed by atoms with Crippen LogP contribution in [-0.4, -0.2) is 53.8 Å². The summed E-state index contributed by atoms with van der Waals surface area (Å²) in [5.74, 6) is 0.459. The first-order chi connectivity index (χ1) is 8.24. The Hall–Kier alpha value is -1.63. The Balaban J connectivity index is 2.25. The number of hydrogen-bond acceptors (Lipinski definition) is 6. The van der Waals surface area contributed by atoms with Gasteiger partial charge < -0.3 is 14.5 Å². The van der Waals surface area contributed by atoms with E-state index in [2.05, 4.69) is 10.2 Å². The Morgan fingerprint density at radius 3 is 2.76 bits per heavy atom. The molecule has 94 valence electrons. The van der Waals surface area contributed by atoms with Gasteiger partial charge in [0.15, 0.2) is 0 Å². The zero-order valence-electron chi connectivity index (χ0n) is 10.0. The molecule has 1 aromatic heterocycles. The normalized spacial score (nSPS) is 16.0. The predicted octanol–water partition coefficient (Wildman–Crippen LogP) is -0.269. The van der Waals surface area contributed by atoms with Crippen LogP contribution >= 0.6 is 0 Å². The van der Waals surface area contributed by atoms with Gasteiger partial charge in [-0.15, -0.1) is 10.2 Å². The summed E-state index contributed by atoms with van der Waals surface area (Å²) in [5.41, 5.74) is 0. The predicted molar refractivity (Wildman–Crippen MR) is 59.5 cm³/mol. The van der Waals surface area contributed by atoms with Crippen molar-refractivity contribution in [3.05, 3.63) is 11.6 Å². The molecule has 2 rings (SSSR count). The number of aryl methyl sites for hydroxylation is 1. The minimum Gasteiger partial charge on any atom is -0.460 e. The van der Waals surface area contributed by atoms with Gasteiger partial charge in [0.25, 0.3) is 5.82 Å². The minimum atomic E-state index is -0.445. The highest BCUT2D eigenvalue weighted by molar-refractivity contribution is 5.85. The molecule has 0 spiro atoms. The maximum atomic E-state index is 11.7. The molecule has 0 N–H and O–H groups in total. The molecule has 1 aliphatic heterocycles. The largest absolute Gasteiger partial charge is 0.460 e. The topological polar surface area (TPSA) is 69.5 Å². The quantitative estimate of drug-likeness (QED) is 0.677. The number of morpholine rings is 1. The van der Waals surface area contributed by atoms with Crippen molar-refractivity contribution in [3.8, 4) is 0 Å². The number of ether oxygens (including phenoxy) is 2. The first-order valence-electron chi connectivity index (χ1n) is 5.66. The SMILES string of the molecule is CCOC(=O)c1nnc(C)n1N1CCOCC1. The second-order valence-electron chi connectivity index (χ2n) is 3.67. The Kier molecular flexibility index (Phi) is 3.58. The molecule has 0 aromatic carbocycles. The van der Waals surface area contributed by atoms with Gasteiger partial charge in [-0.3, -0.25) is 0 Å². The molecular formula is C10H16N4O3. The van der Waals surface area contributed by atoms with Crippen LogP contribution in [0.15, 0.2) is 0 Å². The van der Waals surface area contributed by atoms with E-state index in [1.54, 1.807) is 11.6 Å². The number of nitrogens with zero attached hydrogens (tertiary/aromatic N) is 4. The Morgan fingerprint density at radius 2 is 2.12 bits per heavy atom. The van der Waals surface area contributed by atoms with Crippen LogP contribution in [0.5, 0.6) is 0 Å². The van der Waals surface area contributed by atoms with Crippen molar-refractivity contribution in [1.29, 1.82) is 0 Å². The fraction of sp³-hybridized carbons (Fsp3) is 0.700. The molecule has 7 nitrogen and oxygen atoms in total. The lowest BCUT2D eigenvalue weighted by Crippen LogP contribution is -2.45. The van der Waals surface area contributed by atoms with E-state index >= 15 is 0 Å². The van der Waals surface area contributed by atoms with Crippen LogP contribution in [0.25, 0.3) is 0 Å². The summed E-state index contributed by atoms with van der Waals surface area (Å²) in [7, 11) is 0. The molecule has 0 atom stereocenters. The van der Waals surface area contributed by atoms with Gasteiger partial charge in [-0.1, -0.05) is 0 Å². The Labute approximate surface area is 99.3 Å². The van der Waals surface area contributed by atoms with Crippen molar-refractivity contribution in [2.75, 3.05) is 37.9 Å². The molecule has 1 aliphatic rings. The summed E-state index contributed by atoms with van der Waals surface area (Å²) >= 11 is 0. The van der Waals surface area contributed by atoms with E-state index in [4.69, 9.17) is 9.47 Å². The number of carbonyl (C=O) groups excluding carboxylic acids is 1. The third-order valence-electron chi connectivity index (χ3n) is 2.52. The van der Waals surface area contributed by atoms with Crippen LogP contribution < -0.4 is 5.01 Å². The lowest BCUT2D eigenvalue weighted by atomic mass is 10.5. The summed E-state index contributed by atoms with van der Waals surface area (Å²) in [4.78, 5) is 11.7.